The standard InChI is InChI=1S/C11H21N5O2S.2ClH/c1-2-15-9-11(13-10-15)19(17,18)14-5-8-16-6-3-12-4-7-16;;/h9-10,12,14H,2-8H2,1H3;2*1H. The predicted octanol–water partition coefficient (Wildman–Crippen LogP) is -0.0699. The maximum atomic E-state index is 12.0. The van der Waals surface area contributed by atoms with Crippen molar-refractivity contribution in [1.29, 1.82) is 0 Å². The first-order valence-electron chi connectivity index (χ1n) is 6.56. The van der Waals surface area contributed by atoms with E-state index in [-0.39, 0.29) is 29.8 Å². The molecule has 0 spiro atoms. The van der Waals surface area contributed by atoms with Gasteiger partial charge in [0.25, 0.3) is 10.0 Å². The summed E-state index contributed by atoms with van der Waals surface area (Å²) in [6.45, 7) is 7.66. The Kier molecular flexibility index (Phi) is 9.43. The minimum Gasteiger partial charge on any atom is -0.336 e. The number of imidazole rings is 1. The normalized spacial score (nSPS) is 16.0. The number of nitrogens with zero attached hydrogens (tertiary/aromatic N) is 3. The molecule has 2 N–H and O–H groups in total. The summed E-state index contributed by atoms with van der Waals surface area (Å²) in [5, 5.41) is 3.36. The molecular formula is C11H23Cl2N5O2S. The van der Waals surface area contributed by atoms with Gasteiger partial charge < -0.3 is 9.88 Å². The second-order valence-electron chi connectivity index (χ2n) is 4.53. The first kappa shape index (κ1) is 20.6. The highest BCUT2D eigenvalue weighted by Gasteiger charge is 2.17. The van der Waals surface area contributed by atoms with Gasteiger partial charge in [-0.1, -0.05) is 0 Å². The van der Waals surface area contributed by atoms with Gasteiger partial charge in [0.15, 0.2) is 5.03 Å². The Hall–Kier alpha value is -0.380. The van der Waals surface area contributed by atoms with Gasteiger partial charge in [-0.25, -0.2) is 18.1 Å². The van der Waals surface area contributed by atoms with Gasteiger partial charge in [0, 0.05) is 52.0 Å². The molecule has 1 aliphatic rings. The van der Waals surface area contributed by atoms with Crippen LogP contribution in [0.25, 0.3) is 0 Å². The molecule has 0 aromatic carbocycles. The van der Waals surface area contributed by atoms with Crippen LogP contribution in [0.4, 0.5) is 0 Å². The van der Waals surface area contributed by atoms with Crippen molar-refractivity contribution in [1.82, 2.24) is 24.5 Å². The van der Waals surface area contributed by atoms with Crippen LogP contribution in [0.1, 0.15) is 6.92 Å². The monoisotopic (exact) mass is 359 g/mol. The molecule has 0 unspecified atom stereocenters. The summed E-state index contributed by atoms with van der Waals surface area (Å²) in [5.74, 6) is 0. The smallest absolute Gasteiger partial charge is 0.259 e. The van der Waals surface area contributed by atoms with E-state index in [4.69, 9.17) is 0 Å². The van der Waals surface area contributed by atoms with E-state index >= 15 is 0 Å². The largest absolute Gasteiger partial charge is 0.336 e. The Labute approximate surface area is 138 Å². The second kappa shape index (κ2) is 9.60. The van der Waals surface area contributed by atoms with Crippen LogP contribution in [0, 0.1) is 0 Å². The molecule has 1 aromatic heterocycles. The Morgan fingerprint density at radius 2 is 2.00 bits per heavy atom. The molecule has 2 heterocycles. The lowest BCUT2D eigenvalue weighted by molar-refractivity contribution is 0.245. The third-order valence-electron chi connectivity index (χ3n) is 3.18. The minimum atomic E-state index is -3.47. The number of piperazine rings is 1. The number of aryl methyl sites for hydroxylation is 1. The van der Waals surface area contributed by atoms with Crippen LogP contribution >= 0.6 is 24.8 Å². The SMILES string of the molecule is CCn1cnc(S(=O)(=O)NCCN2CCNCC2)c1.Cl.Cl. The molecule has 124 valence electrons. The molecule has 7 nitrogen and oxygen atoms in total. The van der Waals surface area contributed by atoms with E-state index in [0.717, 1.165) is 32.7 Å². The topological polar surface area (TPSA) is 79.3 Å². The minimum absolute atomic E-state index is 0. The lowest BCUT2D eigenvalue weighted by atomic mass is 10.3. The van der Waals surface area contributed by atoms with Crippen LogP contribution in [0.5, 0.6) is 0 Å². The molecule has 10 heteroatoms. The van der Waals surface area contributed by atoms with E-state index in [1.165, 1.54) is 6.33 Å². The summed E-state index contributed by atoms with van der Waals surface area (Å²) in [7, 11) is -3.47. The zero-order valence-corrected chi connectivity index (χ0v) is 14.4. The molecule has 2 rings (SSSR count). The van der Waals surface area contributed by atoms with Crippen molar-refractivity contribution in [2.75, 3.05) is 39.3 Å². The average molecular weight is 360 g/mol. The third-order valence-corrected chi connectivity index (χ3v) is 4.53. The van der Waals surface area contributed by atoms with Crippen LogP contribution in [-0.4, -0.2) is 62.1 Å². The average Bonchev–Trinajstić information content (AvgIpc) is 2.89. The summed E-state index contributed by atoms with van der Waals surface area (Å²) in [6, 6.07) is 0. The molecule has 1 aliphatic heterocycles. The van der Waals surface area contributed by atoms with E-state index in [0.29, 0.717) is 13.1 Å². The summed E-state index contributed by atoms with van der Waals surface area (Å²) in [5.41, 5.74) is 0. The van der Waals surface area contributed by atoms with Crippen LogP contribution in [0.15, 0.2) is 17.6 Å². The lowest BCUT2D eigenvalue weighted by Gasteiger charge is -2.26. The van der Waals surface area contributed by atoms with Crippen molar-refractivity contribution in [2.45, 2.75) is 18.5 Å². The molecule has 21 heavy (non-hydrogen) atoms. The van der Waals surface area contributed by atoms with Gasteiger partial charge in [0.1, 0.15) is 0 Å². The fourth-order valence-corrected chi connectivity index (χ4v) is 2.97. The van der Waals surface area contributed by atoms with Gasteiger partial charge >= 0.3 is 0 Å². The lowest BCUT2D eigenvalue weighted by Crippen LogP contribution is -2.46. The van der Waals surface area contributed by atoms with Crippen molar-refractivity contribution < 1.29 is 8.42 Å². The quantitative estimate of drug-likeness (QED) is 0.743. The Morgan fingerprint density at radius 3 is 2.57 bits per heavy atom. The highest BCUT2D eigenvalue weighted by Crippen LogP contribution is 2.04. The van der Waals surface area contributed by atoms with E-state index < -0.39 is 10.0 Å². The number of nitrogens with one attached hydrogen (secondary N) is 2. The molecule has 1 aromatic rings. The fraction of sp³-hybridized carbons (Fsp3) is 0.727. The first-order chi connectivity index (χ1) is 9.12. The second-order valence-corrected chi connectivity index (χ2v) is 6.25. The summed E-state index contributed by atoms with van der Waals surface area (Å²) < 4.78 is 28.3. The number of rotatable bonds is 6. The first-order valence-corrected chi connectivity index (χ1v) is 8.04. The van der Waals surface area contributed by atoms with Gasteiger partial charge in [0.05, 0.1) is 6.33 Å². The zero-order valence-electron chi connectivity index (χ0n) is 12.0. The van der Waals surface area contributed by atoms with Crippen LogP contribution < -0.4 is 10.0 Å². The van der Waals surface area contributed by atoms with Crippen LogP contribution in [-0.2, 0) is 16.6 Å². The van der Waals surface area contributed by atoms with Crippen molar-refractivity contribution in [3.05, 3.63) is 12.5 Å². The van der Waals surface area contributed by atoms with Crippen molar-refractivity contribution in [2.24, 2.45) is 0 Å². The molecule has 1 saturated heterocycles. The van der Waals surface area contributed by atoms with Gasteiger partial charge in [0.2, 0.25) is 0 Å². The maximum absolute atomic E-state index is 12.0. The number of sulfonamides is 1. The number of hydrogen-bond acceptors (Lipinski definition) is 5. The predicted molar refractivity (Wildman–Crippen MR) is 86.9 cm³/mol. The highest BCUT2D eigenvalue weighted by molar-refractivity contribution is 7.89. The molecule has 0 atom stereocenters. The number of hydrogen-bond donors (Lipinski definition) is 2. The Bertz CT molecular complexity index is 502. The van der Waals surface area contributed by atoms with E-state index in [9.17, 15) is 8.42 Å². The van der Waals surface area contributed by atoms with Crippen molar-refractivity contribution >= 4 is 34.8 Å². The molecule has 0 bridgehead atoms. The molecular weight excluding hydrogens is 337 g/mol. The molecule has 0 saturated carbocycles. The van der Waals surface area contributed by atoms with Gasteiger partial charge in [-0.3, -0.25) is 4.90 Å². The van der Waals surface area contributed by atoms with Gasteiger partial charge in [-0.15, -0.1) is 24.8 Å². The molecule has 0 aliphatic carbocycles. The van der Waals surface area contributed by atoms with Crippen LogP contribution in [0.3, 0.4) is 0 Å². The van der Waals surface area contributed by atoms with E-state index in [1.54, 1.807) is 10.8 Å². The molecule has 0 amide bonds. The number of aromatic nitrogens is 2. The molecule has 0 radical (unpaired) electrons. The van der Waals surface area contributed by atoms with Gasteiger partial charge in [-0.2, -0.15) is 0 Å². The highest BCUT2D eigenvalue weighted by atomic mass is 35.5. The van der Waals surface area contributed by atoms with Gasteiger partial charge in [-0.05, 0) is 6.92 Å². The summed E-state index contributed by atoms with van der Waals surface area (Å²) in [4.78, 5) is 6.15. The van der Waals surface area contributed by atoms with Crippen molar-refractivity contribution in [3.8, 4) is 0 Å². The summed E-state index contributed by atoms with van der Waals surface area (Å²) in [6.07, 6.45) is 3.08. The van der Waals surface area contributed by atoms with Crippen LogP contribution in [0.2, 0.25) is 0 Å². The van der Waals surface area contributed by atoms with Crippen molar-refractivity contribution in [3.63, 3.8) is 0 Å². The van der Waals surface area contributed by atoms with E-state index in [2.05, 4.69) is 19.9 Å². The third kappa shape index (κ3) is 6.09. The Balaban J connectivity index is 0.00000200. The number of halogens is 2. The summed E-state index contributed by atoms with van der Waals surface area (Å²) >= 11 is 0. The zero-order chi connectivity index (χ0) is 13.7. The Morgan fingerprint density at radius 1 is 1.33 bits per heavy atom. The maximum Gasteiger partial charge on any atom is 0.259 e. The van der Waals surface area contributed by atoms with E-state index in [1.807, 2.05) is 6.92 Å². The molecule has 1 fully saturated rings. The fourth-order valence-electron chi connectivity index (χ4n) is 2.00.